The van der Waals surface area contributed by atoms with Crippen molar-refractivity contribution >= 4 is 17.5 Å². The summed E-state index contributed by atoms with van der Waals surface area (Å²) in [6.45, 7) is 9.12. The monoisotopic (exact) mass is 400 g/mol. The van der Waals surface area contributed by atoms with E-state index in [1.807, 2.05) is 42.0 Å². The molecule has 0 saturated carbocycles. The van der Waals surface area contributed by atoms with Gasteiger partial charge in [0.15, 0.2) is 0 Å². The lowest BCUT2D eigenvalue weighted by molar-refractivity contribution is -0.135. The van der Waals surface area contributed by atoms with Crippen molar-refractivity contribution in [2.24, 2.45) is 5.41 Å². The van der Waals surface area contributed by atoms with Crippen LogP contribution >= 0.6 is 0 Å². The summed E-state index contributed by atoms with van der Waals surface area (Å²) in [4.78, 5) is 32.6. The van der Waals surface area contributed by atoms with E-state index in [-0.39, 0.29) is 17.2 Å². The number of morpholine rings is 1. The summed E-state index contributed by atoms with van der Waals surface area (Å²) in [7, 11) is 1.83. The van der Waals surface area contributed by atoms with Crippen molar-refractivity contribution in [1.29, 1.82) is 0 Å². The van der Waals surface area contributed by atoms with Crippen LogP contribution in [0.4, 0.5) is 5.69 Å². The second-order valence-corrected chi connectivity index (χ2v) is 8.55. The molecule has 0 radical (unpaired) electrons. The fraction of sp³-hybridized carbons (Fsp3) is 0.636. The minimum Gasteiger partial charge on any atom is -0.387 e. The molecule has 4 rings (SSSR count). The Morgan fingerprint density at radius 3 is 2.66 bits per heavy atom. The van der Waals surface area contributed by atoms with E-state index in [0.29, 0.717) is 18.7 Å². The first-order chi connectivity index (χ1) is 14.0. The minimum atomic E-state index is -0.385. The Hall–Kier alpha value is -2.12. The van der Waals surface area contributed by atoms with E-state index in [1.54, 1.807) is 0 Å². The fourth-order valence-electron chi connectivity index (χ4n) is 4.84. The number of hydrogen-bond donors (Lipinski definition) is 1. The summed E-state index contributed by atoms with van der Waals surface area (Å²) in [5.41, 5.74) is 2.21. The van der Waals surface area contributed by atoms with E-state index >= 15 is 0 Å². The highest BCUT2D eigenvalue weighted by Gasteiger charge is 2.51. The molecule has 0 aromatic heterocycles. The fourth-order valence-corrected chi connectivity index (χ4v) is 4.84. The van der Waals surface area contributed by atoms with Crippen LogP contribution in [0.5, 0.6) is 0 Å². The molecule has 1 atom stereocenters. The first-order valence-corrected chi connectivity index (χ1v) is 10.7. The Balaban J connectivity index is 1.39. The number of aryl methyl sites for hydroxylation is 1. The molecule has 1 N–H and O–H groups in total. The van der Waals surface area contributed by atoms with Crippen LogP contribution < -0.4 is 5.32 Å². The summed E-state index contributed by atoms with van der Waals surface area (Å²) in [5.74, 6) is 0.258. The summed E-state index contributed by atoms with van der Waals surface area (Å²) in [5, 5.41) is 3.12. The highest BCUT2D eigenvalue weighted by molar-refractivity contribution is 6.00. The van der Waals surface area contributed by atoms with Crippen molar-refractivity contribution < 1.29 is 14.3 Å². The van der Waals surface area contributed by atoms with Crippen molar-refractivity contribution in [3.63, 3.8) is 0 Å². The van der Waals surface area contributed by atoms with E-state index in [1.165, 1.54) is 0 Å². The first-order valence-electron chi connectivity index (χ1n) is 10.7. The van der Waals surface area contributed by atoms with Gasteiger partial charge in [-0.25, -0.2) is 0 Å². The number of carbonyl (C=O) groups excluding carboxylic acids is 2. The zero-order chi connectivity index (χ0) is 20.4. The molecular formula is C22H32N4O3. The Labute approximate surface area is 173 Å². The van der Waals surface area contributed by atoms with Crippen LogP contribution in [0.25, 0.3) is 0 Å². The molecule has 3 heterocycles. The Morgan fingerprint density at radius 1 is 1.14 bits per heavy atom. The third kappa shape index (κ3) is 3.98. The zero-order valence-electron chi connectivity index (χ0n) is 17.6. The van der Waals surface area contributed by atoms with E-state index in [4.69, 9.17) is 4.74 Å². The number of nitrogens with one attached hydrogen (secondary N) is 1. The second-order valence-electron chi connectivity index (χ2n) is 8.55. The van der Waals surface area contributed by atoms with Gasteiger partial charge in [0.05, 0.1) is 24.2 Å². The lowest BCUT2D eigenvalue weighted by Crippen LogP contribution is -2.43. The lowest BCUT2D eigenvalue weighted by Gasteiger charge is -2.29. The van der Waals surface area contributed by atoms with Crippen LogP contribution in [0.15, 0.2) is 18.2 Å². The molecule has 3 aliphatic heterocycles. The zero-order valence-corrected chi connectivity index (χ0v) is 17.6. The Bertz CT molecular complexity index is 777. The van der Waals surface area contributed by atoms with Crippen molar-refractivity contribution in [1.82, 2.24) is 14.7 Å². The average Bonchev–Trinajstić information content (AvgIpc) is 3.31. The Morgan fingerprint density at radius 2 is 1.90 bits per heavy atom. The number of amides is 2. The lowest BCUT2D eigenvalue weighted by atomic mass is 9.85. The molecule has 3 fully saturated rings. The van der Waals surface area contributed by atoms with Gasteiger partial charge in [0.2, 0.25) is 5.91 Å². The van der Waals surface area contributed by atoms with E-state index in [2.05, 4.69) is 10.2 Å². The van der Waals surface area contributed by atoms with Gasteiger partial charge in [-0.15, -0.1) is 0 Å². The number of rotatable bonds is 5. The van der Waals surface area contributed by atoms with Gasteiger partial charge in [0, 0.05) is 58.5 Å². The minimum absolute atomic E-state index is 0.0227. The Kier molecular flexibility index (Phi) is 5.79. The van der Waals surface area contributed by atoms with E-state index in [0.717, 1.165) is 70.0 Å². The van der Waals surface area contributed by atoms with Gasteiger partial charge in [-0.1, -0.05) is 11.6 Å². The summed E-state index contributed by atoms with van der Waals surface area (Å²) >= 11 is 0. The second kappa shape index (κ2) is 8.32. The topological polar surface area (TPSA) is 65.1 Å². The van der Waals surface area contributed by atoms with Gasteiger partial charge in [0.25, 0.3) is 5.91 Å². The summed E-state index contributed by atoms with van der Waals surface area (Å²) < 4.78 is 5.40. The quantitative estimate of drug-likeness (QED) is 0.810. The number of anilines is 1. The molecule has 3 aliphatic rings. The molecule has 3 saturated heterocycles. The third-order valence-electron chi connectivity index (χ3n) is 6.71. The maximum absolute atomic E-state index is 13.2. The molecule has 29 heavy (non-hydrogen) atoms. The van der Waals surface area contributed by atoms with Gasteiger partial charge >= 0.3 is 0 Å². The van der Waals surface area contributed by atoms with Crippen LogP contribution in [0.1, 0.15) is 28.8 Å². The molecule has 158 valence electrons. The highest BCUT2D eigenvalue weighted by Crippen LogP contribution is 2.41. The number of hydrogen-bond acceptors (Lipinski definition) is 5. The molecule has 1 unspecified atom stereocenters. The number of nitrogens with zero attached hydrogens (tertiary/aromatic N) is 3. The number of ether oxygens (including phenoxy) is 1. The molecule has 7 heteroatoms. The van der Waals surface area contributed by atoms with Gasteiger partial charge in [0.1, 0.15) is 0 Å². The van der Waals surface area contributed by atoms with Gasteiger partial charge < -0.3 is 19.9 Å². The van der Waals surface area contributed by atoms with E-state index < -0.39 is 0 Å². The smallest absolute Gasteiger partial charge is 0.255 e. The predicted molar refractivity (Wildman–Crippen MR) is 112 cm³/mol. The van der Waals surface area contributed by atoms with E-state index in [9.17, 15) is 9.59 Å². The number of carbonyl (C=O) groups is 2. The van der Waals surface area contributed by atoms with Crippen LogP contribution in [0.2, 0.25) is 0 Å². The SMILES string of the molecule is CNc1ccc(C)cc1C(=O)N1CCC2(CCN(CCN3CCOCC3)C2=O)C1. The van der Waals surface area contributed by atoms with Crippen LogP contribution in [0.3, 0.4) is 0 Å². The predicted octanol–water partition coefficient (Wildman–Crippen LogP) is 1.43. The van der Waals surface area contributed by atoms with Gasteiger partial charge in [-0.3, -0.25) is 14.5 Å². The number of likely N-dealkylation sites (tertiary alicyclic amines) is 2. The molecule has 0 aliphatic carbocycles. The number of benzene rings is 1. The van der Waals surface area contributed by atoms with Crippen molar-refractivity contribution in [3.05, 3.63) is 29.3 Å². The molecule has 1 spiro atoms. The highest BCUT2D eigenvalue weighted by atomic mass is 16.5. The molecule has 0 bridgehead atoms. The first kappa shape index (κ1) is 20.2. The van der Waals surface area contributed by atoms with Crippen LogP contribution in [-0.2, 0) is 9.53 Å². The van der Waals surface area contributed by atoms with Crippen LogP contribution in [-0.4, -0.2) is 92.6 Å². The van der Waals surface area contributed by atoms with Gasteiger partial charge in [-0.2, -0.15) is 0 Å². The molecule has 1 aromatic rings. The molecule has 2 amide bonds. The standard InChI is InChI=1S/C22H32N4O3/c1-17-3-4-19(23-2)18(15-17)20(27)26-8-6-22(16-26)5-7-25(21(22)28)10-9-24-11-13-29-14-12-24/h3-4,15,23H,5-14,16H2,1-2H3. The van der Waals surface area contributed by atoms with Crippen molar-refractivity contribution in [3.8, 4) is 0 Å². The van der Waals surface area contributed by atoms with Crippen LogP contribution in [0, 0.1) is 12.3 Å². The largest absolute Gasteiger partial charge is 0.387 e. The maximum Gasteiger partial charge on any atom is 0.255 e. The van der Waals surface area contributed by atoms with Crippen molar-refractivity contribution in [2.75, 3.05) is 71.4 Å². The molecule has 7 nitrogen and oxygen atoms in total. The normalized spacial score (nSPS) is 25.2. The summed E-state index contributed by atoms with van der Waals surface area (Å²) in [6.07, 6.45) is 1.62. The van der Waals surface area contributed by atoms with Gasteiger partial charge in [-0.05, 0) is 31.9 Å². The maximum atomic E-state index is 13.2. The third-order valence-corrected chi connectivity index (χ3v) is 6.71. The molecule has 1 aromatic carbocycles. The average molecular weight is 401 g/mol. The van der Waals surface area contributed by atoms with Crippen molar-refractivity contribution in [2.45, 2.75) is 19.8 Å². The molecular weight excluding hydrogens is 368 g/mol. The summed E-state index contributed by atoms with van der Waals surface area (Å²) in [6, 6.07) is 5.88.